The molecule has 0 bridgehead atoms. The molecule has 2 N–H and O–H groups in total. The molecule has 4 heteroatoms. The molecule has 1 aliphatic carbocycles. The first-order chi connectivity index (χ1) is 9.82. The molecule has 1 aliphatic rings. The number of aromatic nitrogens is 1. The van der Waals surface area contributed by atoms with Crippen LogP contribution < -0.4 is 5.32 Å². The van der Waals surface area contributed by atoms with Crippen LogP contribution in [0.5, 0.6) is 0 Å². The standard InChI is InChI=1S/C17H25N3O/c1-16(2,3)13-7-9-17(21,10-8-13)12-19-15-6-4-5-14(11-18)20-15/h4-6,13,21H,7-10,12H2,1-3H3,(H,19,20). The molecule has 2 rings (SSSR count). The third-order valence-corrected chi connectivity index (χ3v) is 4.60. The average molecular weight is 287 g/mol. The number of hydrogen-bond donors (Lipinski definition) is 2. The van der Waals surface area contributed by atoms with Gasteiger partial charge in [0, 0.05) is 6.54 Å². The molecule has 4 nitrogen and oxygen atoms in total. The van der Waals surface area contributed by atoms with Crippen LogP contribution in [0.4, 0.5) is 5.82 Å². The number of hydrogen-bond acceptors (Lipinski definition) is 4. The summed E-state index contributed by atoms with van der Waals surface area (Å²) in [7, 11) is 0. The first-order valence-electron chi connectivity index (χ1n) is 7.66. The van der Waals surface area contributed by atoms with Gasteiger partial charge in [-0.25, -0.2) is 4.98 Å². The van der Waals surface area contributed by atoms with Gasteiger partial charge in [0.2, 0.25) is 0 Å². The highest BCUT2D eigenvalue weighted by Gasteiger charge is 2.37. The van der Waals surface area contributed by atoms with Crippen LogP contribution in [0, 0.1) is 22.7 Å². The molecule has 1 fully saturated rings. The first-order valence-corrected chi connectivity index (χ1v) is 7.66. The van der Waals surface area contributed by atoms with E-state index in [0.29, 0.717) is 29.4 Å². The molecule has 0 spiro atoms. The predicted molar refractivity (Wildman–Crippen MR) is 83.8 cm³/mol. The van der Waals surface area contributed by atoms with Crippen molar-refractivity contribution in [1.82, 2.24) is 4.98 Å². The third-order valence-electron chi connectivity index (χ3n) is 4.60. The van der Waals surface area contributed by atoms with E-state index in [-0.39, 0.29) is 0 Å². The lowest BCUT2D eigenvalue weighted by Crippen LogP contribution is -2.42. The second kappa shape index (κ2) is 6.03. The van der Waals surface area contributed by atoms with Crippen molar-refractivity contribution >= 4 is 5.82 Å². The zero-order valence-electron chi connectivity index (χ0n) is 13.2. The van der Waals surface area contributed by atoms with Crippen LogP contribution in [0.2, 0.25) is 0 Å². The number of anilines is 1. The Kier molecular flexibility index (Phi) is 4.53. The molecule has 1 aromatic rings. The summed E-state index contributed by atoms with van der Waals surface area (Å²) in [5, 5.41) is 22.7. The van der Waals surface area contributed by atoms with Crippen molar-refractivity contribution in [1.29, 1.82) is 5.26 Å². The molecule has 1 heterocycles. The number of aliphatic hydroxyl groups is 1. The summed E-state index contributed by atoms with van der Waals surface area (Å²) in [5.74, 6) is 1.33. The van der Waals surface area contributed by atoms with Crippen molar-refractivity contribution in [2.45, 2.75) is 52.1 Å². The summed E-state index contributed by atoms with van der Waals surface area (Å²) in [5.41, 5.74) is 0.0483. The molecule has 0 unspecified atom stereocenters. The highest BCUT2D eigenvalue weighted by atomic mass is 16.3. The van der Waals surface area contributed by atoms with E-state index >= 15 is 0 Å². The zero-order chi connectivity index (χ0) is 15.5. The molecule has 21 heavy (non-hydrogen) atoms. The minimum Gasteiger partial charge on any atom is -0.388 e. The Morgan fingerprint density at radius 1 is 1.38 bits per heavy atom. The summed E-state index contributed by atoms with van der Waals surface area (Å²) >= 11 is 0. The number of nitrogens with one attached hydrogen (secondary N) is 1. The second-order valence-electron chi connectivity index (χ2n) is 7.24. The number of rotatable bonds is 3. The van der Waals surface area contributed by atoms with Gasteiger partial charge in [0.25, 0.3) is 0 Å². The number of nitriles is 1. The van der Waals surface area contributed by atoms with Gasteiger partial charge in [-0.3, -0.25) is 0 Å². The van der Waals surface area contributed by atoms with Gasteiger partial charge >= 0.3 is 0 Å². The van der Waals surface area contributed by atoms with E-state index in [0.717, 1.165) is 25.7 Å². The van der Waals surface area contributed by atoms with Gasteiger partial charge in [-0.2, -0.15) is 5.26 Å². The second-order valence-corrected chi connectivity index (χ2v) is 7.24. The number of pyridine rings is 1. The van der Waals surface area contributed by atoms with Crippen LogP contribution in [0.25, 0.3) is 0 Å². The van der Waals surface area contributed by atoms with Gasteiger partial charge in [-0.05, 0) is 49.1 Å². The van der Waals surface area contributed by atoms with Crippen molar-refractivity contribution in [3.8, 4) is 6.07 Å². The topological polar surface area (TPSA) is 68.9 Å². The van der Waals surface area contributed by atoms with E-state index in [1.807, 2.05) is 12.1 Å². The maximum Gasteiger partial charge on any atom is 0.142 e. The predicted octanol–water partition coefficient (Wildman–Crippen LogP) is 3.33. The largest absolute Gasteiger partial charge is 0.388 e. The fourth-order valence-corrected chi connectivity index (χ4v) is 3.05. The lowest BCUT2D eigenvalue weighted by molar-refractivity contribution is -0.0143. The van der Waals surface area contributed by atoms with Gasteiger partial charge in [0.05, 0.1) is 5.60 Å². The number of nitrogens with zero attached hydrogens (tertiary/aromatic N) is 2. The summed E-state index contributed by atoms with van der Waals surface area (Å²) < 4.78 is 0. The fraction of sp³-hybridized carbons (Fsp3) is 0.647. The van der Waals surface area contributed by atoms with Crippen molar-refractivity contribution in [3.63, 3.8) is 0 Å². The molecule has 0 amide bonds. The smallest absolute Gasteiger partial charge is 0.142 e. The van der Waals surface area contributed by atoms with Crippen LogP contribution in [0.15, 0.2) is 18.2 Å². The van der Waals surface area contributed by atoms with Crippen LogP contribution >= 0.6 is 0 Å². The van der Waals surface area contributed by atoms with Gasteiger partial charge in [-0.15, -0.1) is 0 Å². The Balaban J connectivity index is 1.90. The summed E-state index contributed by atoms with van der Waals surface area (Å²) in [6.45, 7) is 7.32. The minimum atomic E-state index is -0.661. The highest BCUT2D eigenvalue weighted by Crippen LogP contribution is 2.41. The lowest BCUT2D eigenvalue weighted by atomic mass is 9.68. The Morgan fingerprint density at radius 2 is 2.05 bits per heavy atom. The molecule has 0 atom stereocenters. The molecular formula is C17H25N3O. The molecule has 0 saturated heterocycles. The first kappa shape index (κ1) is 15.8. The van der Waals surface area contributed by atoms with Gasteiger partial charge in [0.1, 0.15) is 17.6 Å². The van der Waals surface area contributed by atoms with Gasteiger partial charge in [0.15, 0.2) is 0 Å². The molecule has 0 aliphatic heterocycles. The molecule has 1 saturated carbocycles. The van der Waals surface area contributed by atoms with E-state index in [2.05, 4.69) is 31.1 Å². The van der Waals surface area contributed by atoms with E-state index < -0.39 is 5.60 Å². The van der Waals surface area contributed by atoms with Gasteiger partial charge in [-0.1, -0.05) is 26.8 Å². The molecule has 114 valence electrons. The van der Waals surface area contributed by atoms with Crippen molar-refractivity contribution in [2.24, 2.45) is 11.3 Å². The maximum atomic E-state index is 10.7. The quantitative estimate of drug-likeness (QED) is 0.894. The van der Waals surface area contributed by atoms with Crippen LogP contribution in [-0.2, 0) is 0 Å². The molecule has 0 aromatic carbocycles. The maximum absolute atomic E-state index is 10.7. The fourth-order valence-electron chi connectivity index (χ4n) is 3.05. The zero-order valence-corrected chi connectivity index (χ0v) is 13.2. The van der Waals surface area contributed by atoms with Crippen molar-refractivity contribution in [2.75, 3.05) is 11.9 Å². The normalized spacial score (nSPS) is 26.1. The Labute approximate surface area is 127 Å². The molecule has 0 radical (unpaired) electrons. The third kappa shape index (κ3) is 4.18. The SMILES string of the molecule is CC(C)(C)C1CCC(O)(CNc2cccc(C#N)n2)CC1. The van der Waals surface area contributed by atoms with E-state index in [9.17, 15) is 5.11 Å². The lowest BCUT2D eigenvalue weighted by Gasteiger charge is -2.41. The van der Waals surface area contributed by atoms with Gasteiger partial charge < -0.3 is 10.4 Å². The molecular weight excluding hydrogens is 262 g/mol. The average Bonchev–Trinajstić information content (AvgIpc) is 2.45. The summed E-state index contributed by atoms with van der Waals surface area (Å²) in [6, 6.07) is 7.32. The minimum absolute atomic E-state index is 0.317. The van der Waals surface area contributed by atoms with Crippen LogP contribution in [0.3, 0.4) is 0 Å². The summed E-state index contributed by atoms with van der Waals surface area (Å²) in [6.07, 6.45) is 3.76. The van der Waals surface area contributed by atoms with Crippen molar-refractivity contribution in [3.05, 3.63) is 23.9 Å². The Morgan fingerprint density at radius 3 is 2.62 bits per heavy atom. The summed E-state index contributed by atoms with van der Waals surface area (Å²) in [4.78, 5) is 4.18. The molecule has 1 aromatic heterocycles. The van der Waals surface area contributed by atoms with Crippen molar-refractivity contribution < 1.29 is 5.11 Å². The van der Waals surface area contributed by atoms with E-state index in [1.165, 1.54) is 0 Å². The van der Waals surface area contributed by atoms with E-state index in [4.69, 9.17) is 5.26 Å². The monoisotopic (exact) mass is 287 g/mol. The van der Waals surface area contributed by atoms with Crippen LogP contribution in [0.1, 0.15) is 52.1 Å². The Hall–Kier alpha value is -1.60. The highest BCUT2D eigenvalue weighted by molar-refractivity contribution is 5.38. The van der Waals surface area contributed by atoms with Crippen LogP contribution in [-0.4, -0.2) is 22.2 Å². The van der Waals surface area contributed by atoms with E-state index in [1.54, 1.807) is 12.1 Å². The Bertz CT molecular complexity index is 520.